The van der Waals surface area contributed by atoms with Gasteiger partial charge in [0.15, 0.2) is 0 Å². The van der Waals surface area contributed by atoms with Crippen LogP contribution in [0, 0.1) is 6.92 Å². The second-order valence-corrected chi connectivity index (χ2v) is 4.28. The van der Waals surface area contributed by atoms with Crippen LogP contribution in [0.4, 0.5) is 13.2 Å². The fraction of sp³-hybridized carbons (Fsp3) is 0.500. The van der Waals surface area contributed by atoms with Crippen LogP contribution < -0.4 is 5.56 Å². The lowest BCUT2D eigenvalue weighted by molar-refractivity contribution is -0.174. The Balaban J connectivity index is 2.58. The summed E-state index contributed by atoms with van der Waals surface area (Å²) in [5.74, 6) is 0. The Hall–Kier alpha value is -0.820. The Kier molecular flexibility index (Phi) is 4.76. The first kappa shape index (κ1) is 14.2. The molecular formula is C10H11BrF3NO2. The van der Waals surface area contributed by atoms with Crippen LogP contribution in [0.1, 0.15) is 5.69 Å². The predicted molar refractivity (Wildman–Crippen MR) is 60.0 cm³/mol. The largest absolute Gasteiger partial charge is 0.411 e. The van der Waals surface area contributed by atoms with Gasteiger partial charge < -0.3 is 9.30 Å². The molecule has 96 valence electrons. The number of ether oxygens (including phenoxy) is 1. The highest BCUT2D eigenvalue weighted by molar-refractivity contribution is 9.10. The molecule has 1 aromatic heterocycles. The van der Waals surface area contributed by atoms with Crippen molar-refractivity contribution in [3.63, 3.8) is 0 Å². The zero-order valence-corrected chi connectivity index (χ0v) is 10.6. The van der Waals surface area contributed by atoms with Gasteiger partial charge in [0, 0.05) is 22.8 Å². The third kappa shape index (κ3) is 4.51. The van der Waals surface area contributed by atoms with Crippen molar-refractivity contribution < 1.29 is 17.9 Å². The normalized spacial score (nSPS) is 11.8. The van der Waals surface area contributed by atoms with Crippen LogP contribution >= 0.6 is 15.9 Å². The van der Waals surface area contributed by atoms with E-state index in [1.165, 1.54) is 10.6 Å². The summed E-state index contributed by atoms with van der Waals surface area (Å²) in [5, 5.41) is 0. The summed E-state index contributed by atoms with van der Waals surface area (Å²) in [6.45, 7) is 0.348. The van der Waals surface area contributed by atoms with Gasteiger partial charge in [-0.1, -0.05) is 0 Å². The Labute approximate surface area is 104 Å². The van der Waals surface area contributed by atoms with E-state index in [1.807, 2.05) is 0 Å². The molecule has 1 heterocycles. The SMILES string of the molecule is Cc1c(Br)ccc(=O)n1CCOCC(F)(F)F. The van der Waals surface area contributed by atoms with Gasteiger partial charge in [0.1, 0.15) is 6.61 Å². The van der Waals surface area contributed by atoms with Gasteiger partial charge in [-0.25, -0.2) is 0 Å². The summed E-state index contributed by atoms with van der Waals surface area (Å²) in [6, 6.07) is 2.95. The van der Waals surface area contributed by atoms with Crippen LogP contribution in [0.2, 0.25) is 0 Å². The number of halogens is 4. The van der Waals surface area contributed by atoms with Crippen molar-refractivity contribution in [2.45, 2.75) is 19.6 Å². The zero-order valence-electron chi connectivity index (χ0n) is 9.05. The van der Waals surface area contributed by atoms with Crippen molar-refractivity contribution >= 4 is 15.9 Å². The second kappa shape index (κ2) is 5.68. The molecule has 0 aliphatic heterocycles. The first-order valence-electron chi connectivity index (χ1n) is 4.82. The van der Waals surface area contributed by atoms with Crippen molar-refractivity contribution in [3.8, 4) is 0 Å². The second-order valence-electron chi connectivity index (χ2n) is 3.42. The number of rotatable bonds is 4. The van der Waals surface area contributed by atoms with E-state index in [2.05, 4.69) is 20.7 Å². The van der Waals surface area contributed by atoms with Crippen LogP contribution in [0.5, 0.6) is 0 Å². The quantitative estimate of drug-likeness (QED) is 0.800. The van der Waals surface area contributed by atoms with Gasteiger partial charge in [0.05, 0.1) is 6.61 Å². The molecular weight excluding hydrogens is 303 g/mol. The molecule has 0 aromatic carbocycles. The van der Waals surface area contributed by atoms with Gasteiger partial charge in [-0.05, 0) is 28.9 Å². The van der Waals surface area contributed by atoms with Gasteiger partial charge in [0.25, 0.3) is 5.56 Å². The van der Waals surface area contributed by atoms with Crippen molar-refractivity contribution in [2.24, 2.45) is 0 Å². The van der Waals surface area contributed by atoms with E-state index in [0.29, 0.717) is 5.69 Å². The Morgan fingerprint density at radius 3 is 2.65 bits per heavy atom. The maximum Gasteiger partial charge on any atom is 0.411 e. The van der Waals surface area contributed by atoms with Crippen molar-refractivity contribution in [2.75, 3.05) is 13.2 Å². The average molecular weight is 314 g/mol. The topological polar surface area (TPSA) is 31.2 Å². The molecule has 17 heavy (non-hydrogen) atoms. The number of hydrogen-bond donors (Lipinski definition) is 0. The van der Waals surface area contributed by atoms with Gasteiger partial charge in [-0.2, -0.15) is 13.2 Å². The predicted octanol–water partition coefficient (Wildman–Crippen LogP) is 2.50. The van der Waals surface area contributed by atoms with Crippen molar-refractivity contribution in [3.05, 3.63) is 32.7 Å². The third-order valence-electron chi connectivity index (χ3n) is 2.11. The van der Waals surface area contributed by atoms with E-state index in [4.69, 9.17) is 0 Å². The van der Waals surface area contributed by atoms with Crippen LogP contribution in [0.15, 0.2) is 21.4 Å². The minimum atomic E-state index is -4.34. The van der Waals surface area contributed by atoms with Crippen LogP contribution in [-0.4, -0.2) is 24.0 Å². The minimum absolute atomic E-state index is 0.0974. The number of aromatic nitrogens is 1. The standard InChI is InChI=1S/C10H11BrF3NO2/c1-7-8(11)2-3-9(16)15(7)4-5-17-6-10(12,13)14/h2-3H,4-6H2,1H3. The molecule has 7 heteroatoms. The van der Waals surface area contributed by atoms with Crippen molar-refractivity contribution in [1.82, 2.24) is 4.57 Å². The summed E-state index contributed by atoms with van der Waals surface area (Å²) >= 11 is 3.24. The molecule has 0 radical (unpaired) electrons. The van der Waals surface area contributed by atoms with E-state index in [9.17, 15) is 18.0 Å². The van der Waals surface area contributed by atoms with E-state index >= 15 is 0 Å². The lowest BCUT2D eigenvalue weighted by atomic mass is 10.3. The first-order chi connectivity index (χ1) is 7.81. The number of pyridine rings is 1. The molecule has 0 amide bonds. The first-order valence-corrected chi connectivity index (χ1v) is 5.61. The molecule has 0 N–H and O–H groups in total. The Morgan fingerprint density at radius 2 is 2.06 bits per heavy atom. The molecule has 3 nitrogen and oxygen atoms in total. The number of nitrogens with zero attached hydrogens (tertiary/aromatic N) is 1. The molecule has 0 aliphatic rings. The fourth-order valence-electron chi connectivity index (χ4n) is 1.27. The highest BCUT2D eigenvalue weighted by Gasteiger charge is 2.27. The molecule has 0 unspecified atom stereocenters. The number of alkyl halides is 3. The lowest BCUT2D eigenvalue weighted by Crippen LogP contribution is -2.25. The van der Waals surface area contributed by atoms with Crippen molar-refractivity contribution in [1.29, 1.82) is 0 Å². The van der Waals surface area contributed by atoms with Crippen LogP contribution in [-0.2, 0) is 11.3 Å². The highest BCUT2D eigenvalue weighted by atomic mass is 79.9. The summed E-state index contributed by atoms with van der Waals surface area (Å²) in [7, 11) is 0. The minimum Gasteiger partial charge on any atom is -0.370 e. The fourth-order valence-corrected chi connectivity index (χ4v) is 1.62. The van der Waals surface area contributed by atoms with E-state index in [0.717, 1.165) is 4.47 Å². The van der Waals surface area contributed by atoms with Gasteiger partial charge in [0.2, 0.25) is 0 Å². The average Bonchev–Trinajstić information content (AvgIpc) is 2.21. The monoisotopic (exact) mass is 313 g/mol. The summed E-state index contributed by atoms with van der Waals surface area (Å²) in [6.07, 6.45) is -4.34. The molecule has 0 bridgehead atoms. The molecule has 0 spiro atoms. The molecule has 0 saturated heterocycles. The van der Waals surface area contributed by atoms with Gasteiger partial charge in [-0.3, -0.25) is 4.79 Å². The number of hydrogen-bond acceptors (Lipinski definition) is 2. The molecule has 1 aromatic rings. The molecule has 0 aliphatic carbocycles. The summed E-state index contributed by atoms with van der Waals surface area (Å²) in [5.41, 5.74) is 0.398. The zero-order chi connectivity index (χ0) is 13.1. The molecule has 1 rings (SSSR count). The summed E-state index contributed by atoms with van der Waals surface area (Å²) < 4.78 is 42.0. The Bertz CT molecular complexity index is 442. The molecule has 0 saturated carbocycles. The van der Waals surface area contributed by atoms with E-state index in [1.54, 1.807) is 13.0 Å². The van der Waals surface area contributed by atoms with Gasteiger partial charge in [-0.15, -0.1) is 0 Å². The van der Waals surface area contributed by atoms with Crippen LogP contribution in [0.25, 0.3) is 0 Å². The Morgan fingerprint density at radius 1 is 1.41 bits per heavy atom. The molecule has 0 atom stereocenters. The molecule has 0 fully saturated rings. The van der Waals surface area contributed by atoms with E-state index < -0.39 is 12.8 Å². The smallest absolute Gasteiger partial charge is 0.370 e. The maximum atomic E-state index is 11.8. The highest BCUT2D eigenvalue weighted by Crippen LogP contribution is 2.15. The van der Waals surface area contributed by atoms with Crippen LogP contribution in [0.3, 0.4) is 0 Å². The third-order valence-corrected chi connectivity index (χ3v) is 2.95. The maximum absolute atomic E-state index is 11.8. The lowest BCUT2D eigenvalue weighted by Gasteiger charge is -2.12. The summed E-state index contributed by atoms with van der Waals surface area (Å²) in [4.78, 5) is 11.4. The van der Waals surface area contributed by atoms with Gasteiger partial charge >= 0.3 is 6.18 Å². The van der Waals surface area contributed by atoms with E-state index in [-0.39, 0.29) is 18.7 Å².